The van der Waals surface area contributed by atoms with Crippen molar-refractivity contribution in [2.45, 2.75) is 18.9 Å². The minimum atomic E-state index is 0.395. The Balaban J connectivity index is 2.03. The van der Waals surface area contributed by atoms with Crippen LogP contribution < -0.4 is 4.74 Å². The van der Waals surface area contributed by atoms with Crippen LogP contribution in [0.25, 0.3) is 0 Å². The summed E-state index contributed by atoms with van der Waals surface area (Å²) >= 11 is 0. The Morgan fingerprint density at radius 2 is 2.50 bits per heavy atom. The molecule has 10 heavy (non-hydrogen) atoms. The topological polar surface area (TPSA) is 35.0 Å². The molecular weight excluding hydrogens is 128 g/mol. The summed E-state index contributed by atoms with van der Waals surface area (Å²) in [4.78, 5) is 7.60. The molecule has 0 N–H and O–H groups in total. The van der Waals surface area contributed by atoms with Gasteiger partial charge < -0.3 is 4.74 Å². The lowest BCUT2D eigenvalue weighted by Crippen LogP contribution is -1.97. The number of hydrogen-bond donors (Lipinski definition) is 0. The molecule has 0 unspecified atom stereocenters. The van der Waals surface area contributed by atoms with E-state index in [2.05, 4.69) is 16.0 Å². The maximum absolute atomic E-state index is 5.32. The van der Waals surface area contributed by atoms with Crippen molar-refractivity contribution >= 4 is 0 Å². The third kappa shape index (κ3) is 1.23. The van der Waals surface area contributed by atoms with E-state index in [4.69, 9.17) is 4.74 Å². The third-order valence-electron chi connectivity index (χ3n) is 1.31. The van der Waals surface area contributed by atoms with Gasteiger partial charge in [-0.15, -0.1) is 0 Å². The number of hydrogen-bond acceptors (Lipinski definition) is 3. The fourth-order valence-electron chi connectivity index (χ4n) is 0.657. The second-order valence-electron chi connectivity index (χ2n) is 2.29. The van der Waals surface area contributed by atoms with Crippen molar-refractivity contribution in [3.05, 3.63) is 18.6 Å². The molecule has 1 aromatic rings. The van der Waals surface area contributed by atoms with Gasteiger partial charge in [0.15, 0.2) is 0 Å². The second-order valence-corrected chi connectivity index (χ2v) is 2.29. The Morgan fingerprint density at radius 3 is 3.10 bits per heavy atom. The fraction of sp³-hybridized carbons (Fsp3) is 0.429. The summed E-state index contributed by atoms with van der Waals surface area (Å²) in [5.41, 5.74) is 0. The number of nitrogens with zero attached hydrogens (tertiary/aromatic N) is 2. The molecule has 1 aromatic heterocycles. The minimum absolute atomic E-state index is 0.395. The molecule has 0 aromatic carbocycles. The summed E-state index contributed by atoms with van der Waals surface area (Å²) < 4.78 is 5.32. The van der Waals surface area contributed by atoms with E-state index in [1.54, 1.807) is 6.20 Å². The molecule has 0 saturated heterocycles. The maximum Gasteiger partial charge on any atom is 0.224 e. The van der Waals surface area contributed by atoms with E-state index in [0.29, 0.717) is 12.0 Å². The first-order valence-corrected chi connectivity index (χ1v) is 3.29. The molecule has 0 spiro atoms. The van der Waals surface area contributed by atoms with Crippen LogP contribution in [0.5, 0.6) is 5.88 Å². The van der Waals surface area contributed by atoms with Crippen LogP contribution in [-0.2, 0) is 0 Å². The lowest BCUT2D eigenvalue weighted by Gasteiger charge is -1.98. The first kappa shape index (κ1) is 5.65. The van der Waals surface area contributed by atoms with Crippen LogP contribution in [0.2, 0.25) is 0 Å². The summed E-state index contributed by atoms with van der Waals surface area (Å²) in [6, 6.07) is 2.80. The quantitative estimate of drug-likeness (QED) is 0.602. The maximum atomic E-state index is 5.32. The van der Waals surface area contributed by atoms with Crippen LogP contribution in [-0.4, -0.2) is 16.1 Å². The van der Waals surface area contributed by atoms with E-state index in [0.717, 1.165) is 12.8 Å². The van der Waals surface area contributed by atoms with Gasteiger partial charge in [-0.05, 0) is 12.8 Å². The second kappa shape index (κ2) is 2.25. The van der Waals surface area contributed by atoms with E-state index in [9.17, 15) is 0 Å². The Morgan fingerprint density at radius 1 is 1.60 bits per heavy atom. The summed E-state index contributed by atoms with van der Waals surface area (Å²) in [7, 11) is 0. The van der Waals surface area contributed by atoms with Gasteiger partial charge in [0, 0.05) is 6.20 Å². The molecule has 3 nitrogen and oxygen atoms in total. The molecule has 0 atom stereocenters. The molecule has 0 amide bonds. The monoisotopic (exact) mass is 135 g/mol. The molecular formula is C7H7N2O. The Kier molecular flexibility index (Phi) is 1.27. The van der Waals surface area contributed by atoms with Crippen molar-refractivity contribution < 1.29 is 4.74 Å². The van der Waals surface area contributed by atoms with E-state index in [-0.39, 0.29) is 0 Å². The molecule has 0 aliphatic heterocycles. The SMILES string of the molecule is [c]1cncnc1OC1CC1. The van der Waals surface area contributed by atoms with Gasteiger partial charge in [-0.2, -0.15) is 0 Å². The average Bonchev–Trinajstić information content (AvgIpc) is 2.74. The summed E-state index contributed by atoms with van der Waals surface area (Å²) in [5.74, 6) is 0.567. The molecule has 1 radical (unpaired) electrons. The molecule has 1 heterocycles. The van der Waals surface area contributed by atoms with E-state index >= 15 is 0 Å². The predicted molar refractivity (Wildman–Crippen MR) is 34.5 cm³/mol. The van der Waals surface area contributed by atoms with Crippen molar-refractivity contribution in [3.8, 4) is 5.88 Å². The number of rotatable bonds is 2. The van der Waals surface area contributed by atoms with Crippen LogP contribution in [0, 0.1) is 6.07 Å². The highest BCUT2D eigenvalue weighted by Gasteiger charge is 2.23. The number of aromatic nitrogens is 2. The zero-order valence-electron chi connectivity index (χ0n) is 5.45. The molecule has 1 aliphatic carbocycles. The zero-order chi connectivity index (χ0) is 6.81. The van der Waals surface area contributed by atoms with Crippen LogP contribution in [0.1, 0.15) is 12.8 Å². The zero-order valence-corrected chi connectivity index (χ0v) is 5.45. The fourth-order valence-corrected chi connectivity index (χ4v) is 0.657. The number of ether oxygens (including phenoxy) is 1. The molecule has 1 saturated carbocycles. The summed E-state index contributed by atoms with van der Waals surface area (Å²) in [6.45, 7) is 0. The van der Waals surface area contributed by atoms with Crippen LogP contribution in [0.15, 0.2) is 12.5 Å². The van der Waals surface area contributed by atoms with Gasteiger partial charge in [-0.1, -0.05) is 0 Å². The summed E-state index contributed by atoms with van der Waals surface area (Å²) in [6.07, 6.45) is 5.72. The van der Waals surface area contributed by atoms with Gasteiger partial charge in [-0.25, -0.2) is 9.97 Å². The summed E-state index contributed by atoms with van der Waals surface area (Å²) in [5, 5.41) is 0. The Labute approximate surface area is 59.1 Å². The van der Waals surface area contributed by atoms with Gasteiger partial charge in [-0.3, -0.25) is 0 Å². The molecule has 51 valence electrons. The van der Waals surface area contributed by atoms with Gasteiger partial charge in [0.25, 0.3) is 0 Å². The molecule has 1 aliphatic rings. The first-order valence-electron chi connectivity index (χ1n) is 3.29. The van der Waals surface area contributed by atoms with E-state index in [1.165, 1.54) is 6.33 Å². The smallest absolute Gasteiger partial charge is 0.224 e. The Bertz CT molecular complexity index is 208. The van der Waals surface area contributed by atoms with Crippen molar-refractivity contribution in [3.63, 3.8) is 0 Å². The Hall–Kier alpha value is -1.12. The van der Waals surface area contributed by atoms with Crippen LogP contribution in [0.3, 0.4) is 0 Å². The van der Waals surface area contributed by atoms with Crippen molar-refractivity contribution in [1.29, 1.82) is 0 Å². The first-order chi connectivity index (χ1) is 4.95. The minimum Gasteiger partial charge on any atom is -0.474 e. The third-order valence-corrected chi connectivity index (χ3v) is 1.31. The van der Waals surface area contributed by atoms with Gasteiger partial charge in [0.1, 0.15) is 12.4 Å². The van der Waals surface area contributed by atoms with E-state index in [1.807, 2.05) is 0 Å². The van der Waals surface area contributed by atoms with Gasteiger partial charge >= 0.3 is 0 Å². The molecule has 2 rings (SSSR count). The highest BCUT2D eigenvalue weighted by atomic mass is 16.5. The lowest BCUT2D eigenvalue weighted by atomic mass is 10.6. The van der Waals surface area contributed by atoms with Crippen molar-refractivity contribution in [1.82, 2.24) is 9.97 Å². The predicted octanol–water partition coefficient (Wildman–Crippen LogP) is 0.818. The van der Waals surface area contributed by atoms with Crippen LogP contribution >= 0.6 is 0 Å². The molecule has 0 bridgehead atoms. The van der Waals surface area contributed by atoms with Gasteiger partial charge in [0.05, 0.1) is 6.07 Å². The average molecular weight is 135 g/mol. The van der Waals surface area contributed by atoms with Crippen molar-refractivity contribution in [2.75, 3.05) is 0 Å². The highest BCUT2D eigenvalue weighted by molar-refractivity contribution is 5.04. The molecule has 1 fully saturated rings. The lowest BCUT2D eigenvalue weighted by molar-refractivity contribution is 0.289. The standard InChI is InChI=1S/C7H7N2O/c1-2-6(1)10-7-3-4-8-5-9-7/h4-6H,1-2H2. The van der Waals surface area contributed by atoms with Gasteiger partial charge in [0.2, 0.25) is 5.88 Å². The van der Waals surface area contributed by atoms with E-state index < -0.39 is 0 Å². The normalized spacial score (nSPS) is 16.8. The highest BCUT2D eigenvalue weighted by Crippen LogP contribution is 2.24. The van der Waals surface area contributed by atoms with Crippen molar-refractivity contribution in [2.24, 2.45) is 0 Å². The largest absolute Gasteiger partial charge is 0.474 e. The molecule has 3 heteroatoms. The van der Waals surface area contributed by atoms with Crippen LogP contribution in [0.4, 0.5) is 0 Å².